The first-order valence-corrected chi connectivity index (χ1v) is 4.47. The lowest BCUT2D eigenvalue weighted by Crippen LogP contribution is -2.23. The summed E-state index contributed by atoms with van der Waals surface area (Å²) in [7, 11) is 4.35. The first kappa shape index (κ1) is 9.96. The average Bonchev–Trinajstić information content (AvgIpc) is 2.42. The van der Waals surface area contributed by atoms with E-state index in [0.29, 0.717) is 0 Å². The lowest BCUT2D eigenvalue weighted by molar-refractivity contribution is 0.299. The molecule has 0 aromatic rings. The van der Waals surface area contributed by atoms with Crippen LogP contribution in [0.3, 0.4) is 0 Å². The molecule has 1 aliphatic carbocycles. The molecule has 0 N–H and O–H groups in total. The summed E-state index contributed by atoms with van der Waals surface area (Å²) in [6.07, 6.45) is 5.74. The van der Waals surface area contributed by atoms with Crippen molar-refractivity contribution in [2.45, 2.75) is 45.6 Å². The molecule has 0 bridgehead atoms. The molecular formula is C9H21N. The Morgan fingerprint density at radius 1 is 1.00 bits per heavy atom. The fourth-order valence-corrected chi connectivity index (χ4v) is 1.42. The Kier molecular flexibility index (Phi) is 5.70. The molecule has 1 heteroatoms. The summed E-state index contributed by atoms with van der Waals surface area (Å²) in [4.78, 5) is 2.34. The van der Waals surface area contributed by atoms with E-state index in [1.165, 1.54) is 25.7 Å². The van der Waals surface area contributed by atoms with Gasteiger partial charge in [-0.2, -0.15) is 0 Å². The van der Waals surface area contributed by atoms with Crippen LogP contribution in [0.5, 0.6) is 0 Å². The van der Waals surface area contributed by atoms with Gasteiger partial charge in [0.1, 0.15) is 0 Å². The molecule has 1 saturated carbocycles. The smallest absolute Gasteiger partial charge is 0.00891 e. The summed E-state index contributed by atoms with van der Waals surface area (Å²) in [5.41, 5.74) is 0. The van der Waals surface area contributed by atoms with Crippen molar-refractivity contribution in [1.82, 2.24) is 4.90 Å². The highest BCUT2D eigenvalue weighted by Crippen LogP contribution is 2.20. The predicted molar refractivity (Wildman–Crippen MR) is 47.3 cm³/mol. The van der Waals surface area contributed by atoms with Crippen LogP contribution in [0.25, 0.3) is 0 Å². The van der Waals surface area contributed by atoms with Gasteiger partial charge >= 0.3 is 0 Å². The number of nitrogens with zero attached hydrogens (tertiary/aromatic N) is 1. The summed E-state index contributed by atoms with van der Waals surface area (Å²) in [6, 6.07) is 0.898. The lowest BCUT2D eigenvalue weighted by Gasteiger charge is -2.17. The molecule has 0 unspecified atom stereocenters. The zero-order chi connectivity index (χ0) is 7.98. The maximum absolute atomic E-state index is 2.34. The van der Waals surface area contributed by atoms with E-state index in [2.05, 4.69) is 19.0 Å². The summed E-state index contributed by atoms with van der Waals surface area (Å²) in [5.74, 6) is 0. The van der Waals surface area contributed by atoms with Gasteiger partial charge in [0.2, 0.25) is 0 Å². The Bertz CT molecular complexity index is 63.1. The number of rotatable bonds is 1. The first-order valence-electron chi connectivity index (χ1n) is 4.47. The van der Waals surface area contributed by atoms with E-state index >= 15 is 0 Å². The van der Waals surface area contributed by atoms with Crippen molar-refractivity contribution in [2.75, 3.05) is 14.1 Å². The van der Waals surface area contributed by atoms with Crippen LogP contribution >= 0.6 is 0 Å². The second-order valence-electron chi connectivity index (χ2n) is 2.90. The second kappa shape index (κ2) is 5.72. The maximum atomic E-state index is 2.34. The molecule has 10 heavy (non-hydrogen) atoms. The normalized spacial score (nSPS) is 18.9. The SMILES string of the molecule is CC.CN(C)C1CCCC1. The minimum Gasteiger partial charge on any atom is -0.306 e. The predicted octanol–water partition coefficient (Wildman–Crippen LogP) is 2.52. The molecule has 0 atom stereocenters. The maximum Gasteiger partial charge on any atom is 0.00891 e. The molecule has 0 spiro atoms. The van der Waals surface area contributed by atoms with Crippen LogP contribution < -0.4 is 0 Å². The van der Waals surface area contributed by atoms with Gasteiger partial charge in [0.25, 0.3) is 0 Å². The van der Waals surface area contributed by atoms with Gasteiger partial charge in [-0.05, 0) is 26.9 Å². The minimum atomic E-state index is 0.898. The summed E-state index contributed by atoms with van der Waals surface area (Å²) < 4.78 is 0. The van der Waals surface area contributed by atoms with Crippen molar-refractivity contribution < 1.29 is 0 Å². The Morgan fingerprint density at radius 3 is 1.60 bits per heavy atom. The number of hydrogen-bond acceptors (Lipinski definition) is 1. The lowest BCUT2D eigenvalue weighted by atomic mass is 10.2. The molecule has 0 aromatic heterocycles. The molecule has 1 rings (SSSR count). The van der Waals surface area contributed by atoms with Crippen molar-refractivity contribution in [3.63, 3.8) is 0 Å². The first-order chi connectivity index (χ1) is 4.80. The highest BCUT2D eigenvalue weighted by molar-refractivity contribution is 4.72. The van der Waals surface area contributed by atoms with E-state index in [9.17, 15) is 0 Å². The molecule has 0 aliphatic heterocycles. The van der Waals surface area contributed by atoms with Crippen LogP contribution in [-0.2, 0) is 0 Å². The second-order valence-corrected chi connectivity index (χ2v) is 2.90. The minimum absolute atomic E-state index is 0.898. The van der Waals surface area contributed by atoms with Crippen molar-refractivity contribution in [3.05, 3.63) is 0 Å². The van der Waals surface area contributed by atoms with Crippen LogP contribution in [-0.4, -0.2) is 25.0 Å². The third-order valence-corrected chi connectivity index (χ3v) is 2.05. The van der Waals surface area contributed by atoms with Crippen LogP contribution in [0, 0.1) is 0 Å². The molecule has 0 saturated heterocycles. The molecule has 1 nitrogen and oxygen atoms in total. The van der Waals surface area contributed by atoms with Crippen molar-refractivity contribution in [3.8, 4) is 0 Å². The molecule has 1 fully saturated rings. The van der Waals surface area contributed by atoms with E-state index in [4.69, 9.17) is 0 Å². The molecule has 0 radical (unpaired) electrons. The fraction of sp³-hybridized carbons (Fsp3) is 1.00. The summed E-state index contributed by atoms with van der Waals surface area (Å²) in [6.45, 7) is 4.00. The van der Waals surface area contributed by atoms with Gasteiger partial charge in [-0.25, -0.2) is 0 Å². The topological polar surface area (TPSA) is 3.24 Å². The Morgan fingerprint density at radius 2 is 1.40 bits per heavy atom. The van der Waals surface area contributed by atoms with E-state index in [0.717, 1.165) is 6.04 Å². The summed E-state index contributed by atoms with van der Waals surface area (Å²) >= 11 is 0. The van der Waals surface area contributed by atoms with Gasteiger partial charge in [0.05, 0.1) is 0 Å². The van der Waals surface area contributed by atoms with E-state index in [-0.39, 0.29) is 0 Å². The largest absolute Gasteiger partial charge is 0.306 e. The molecule has 0 aromatic carbocycles. The molecule has 62 valence electrons. The van der Waals surface area contributed by atoms with E-state index in [1.54, 1.807) is 0 Å². The van der Waals surface area contributed by atoms with Gasteiger partial charge in [0.15, 0.2) is 0 Å². The Balaban J connectivity index is 0.000000371. The van der Waals surface area contributed by atoms with Crippen LogP contribution in [0.15, 0.2) is 0 Å². The third kappa shape index (κ3) is 3.21. The van der Waals surface area contributed by atoms with Crippen LogP contribution in [0.1, 0.15) is 39.5 Å². The molecule has 1 aliphatic rings. The highest BCUT2D eigenvalue weighted by Gasteiger charge is 2.15. The van der Waals surface area contributed by atoms with Crippen molar-refractivity contribution >= 4 is 0 Å². The van der Waals surface area contributed by atoms with Gasteiger partial charge in [-0.15, -0.1) is 0 Å². The quantitative estimate of drug-likeness (QED) is 0.545. The van der Waals surface area contributed by atoms with Gasteiger partial charge in [-0.3, -0.25) is 0 Å². The molecular weight excluding hydrogens is 122 g/mol. The Labute approximate surface area is 65.4 Å². The van der Waals surface area contributed by atoms with E-state index < -0.39 is 0 Å². The van der Waals surface area contributed by atoms with Crippen molar-refractivity contribution in [2.24, 2.45) is 0 Å². The Hall–Kier alpha value is -0.0400. The van der Waals surface area contributed by atoms with Crippen LogP contribution in [0.2, 0.25) is 0 Å². The van der Waals surface area contributed by atoms with Crippen molar-refractivity contribution in [1.29, 1.82) is 0 Å². The monoisotopic (exact) mass is 143 g/mol. The average molecular weight is 143 g/mol. The molecule has 0 amide bonds. The summed E-state index contributed by atoms with van der Waals surface area (Å²) in [5, 5.41) is 0. The van der Waals surface area contributed by atoms with E-state index in [1.807, 2.05) is 13.8 Å². The standard InChI is InChI=1S/C7H15N.C2H6/c1-8(2)7-5-3-4-6-7;1-2/h7H,3-6H2,1-2H3;1-2H3. The zero-order valence-electron chi connectivity index (χ0n) is 7.85. The van der Waals surface area contributed by atoms with Gasteiger partial charge in [-0.1, -0.05) is 26.7 Å². The third-order valence-electron chi connectivity index (χ3n) is 2.05. The number of hydrogen-bond donors (Lipinski definition) is 0. The van der Waals surface area contributed by atoms with Crippen LogP contribution in [0.4, 0.5) is 0 Å². The van der Waals surface area contributed by atoms with Gasteiger partial charge in [0, 0.05) is 6.04 Å². The fourth-order valence-electron chi connectivity index (χ4n) is 1.42. The van der Waals surface area contributed by atoms with Gasteiger partial charge < -0.3 is 4.90 Å². The zero-order valence-corrected chi connectivity index (χ0v) is 7.85. The highest BCUT2D eigenvalue weighted by atomic mass is 15.1. The molecule has 0 heterocycles.